The zero-order chi connectivity index (χ0) is 8.97. The monoisotopic (exact) mass is 185 g/mol. The second-order valence-corrected chi connectivity index (χ2v) is 2.85. The highest BCUT2D eigenvalue weighted by Gasteiger charge is 2.01. The van der Waals surface area contributed by atoms with Crippen molar-refractivity contribution >= 4 is 23.0 Å². The third-order valence-corrected chi connectivity index (χ3v) is 1.81. The highest BCUT2D eigenvalue weighted by atomic mass is 35.5. The molecule has 0 atom stereocenters. The van der Waals surface area contributed by atoms with Crippen LogP contribution in [-0.4, -0.2) is 11.5 Å². The van der Waals surface area contributed by atoms with Crippen LogP contribution in [-0.2, 0) is 0 Å². The largest absolute Gasteiger partial charge is 0.395 e. The van der Waals surface area contributed by atoms with Gasteiger partial charge in [-0.2, -0.15) is 0 Å². The number of nitrogens with one attached hydrogen (secondary N) is 1. The molecule has 0 spiro atoms. The fraction of sp³-hybridized carbons (Fsp3) is 0.375. The molecule has 0 saturated heterocycles. The number of nitrogens with zero attached hydrogens (tertiary/aromatic N) is 1. The van der Waals surface area contributed by atoms with E-state index in [0.29, 0.717) is 10.8 Å². The van der Waals surface area contributed by atoms with Gasteiger partial charge in [-0.15, -0.1) is 0 Å². The molecule has 0 fully saturated rings. The van der Waals surface area contributed by atoms with Crippen LogP contribution in [0.1, 0.15) is 13.3 Å². The molecule has 66 valence electrons. The number of anilines is 2. The lowest BCUT2D eigenvalue weighted by atomic mass is 10.3. The number of hydrogen-bond acceptors (Lipinski definition) is 3. The van der Waals surface area contributed by atoms with Gasteiger partial charge in [0.1, 0.15) is 0 Å². The zero-order valence-corrected chi connectivity index (χ0v) is 7.73. The number of nitrogen functional groups attached to an aromatic ring is 1. The summed E-state index contributed by atoms with van der Waals surface area (Å²) in [4.78, 5) is 3.85. The van der Waals surface area contributed by atoms with Crippen molar-refractivity contribution in [2.75, 3.05) is 17.6 Å². The molecule has 4 heteroatoms. The molecular formula is C8H12ClN3. The van der Waals surface area contributed by atoms with E-state index in [1.807, 2.05) is 6.07 Å². The molecule has 3 nitrogen and oxygen atoms in total. The van der Waals surface area contributed by atoms with Gasteiger partial charge in [0, 0.05) is 12.7 Å². The van der Waals surface area contributed by atoms with Gasteiger partial charge in [0.25, 0.3) is 0 Å². The van der Waals surface area contributed by atoms with Crippen LogP contribution in [0.3, 0.4) is 0 Å². The van der Waals surface area contributed by atoms with Gasteiger partial charge in [-0.05, 0) is 12.5 Å². The normalized spacial score (nSPS) is 9.83. The van der Waals surface area contributed by atoms with Gasteiger partial charge < -0.3 is 11.1 Å². The van der Waals surface area contributed by atoms with E-state index in [1.54, 1.807) is 6.20 Å². The van der Waals surface area contributed by atoms with Crippen LogP contribution in [0.15, 0.2) is 12.3 Å². The van der Waals surface area contributed by atoms with Crippen molar-refractivity contribution in [2.45, 2.75) is 13.3 Å². The van der Waals surface area contributed by atoms with E-state index >= 15 is 0 Å². The Hall–Kier alpha value is -0.960. The van der Waals surface area contributed by atoms with Crippen molar-refractivity contribution in [2.24, 2.45) is 0 Å². The van der Waals surface area contributed by atoms with E-state index in [4.69, 9.17) is 17.3 Å². The number of halogens is 1. The molecule has 0 radical (unpaired) electrons. The van der Waals surface area contributed by atoms with Crippen LogP contribution in [0.4, 0.5) is 11.4 Å². The fourth-order valence-corrected chi connectivity index (χ4v) is 1.02. The van der Waals surface area contributed by atoms with E-state index < -0.39 is 0 Å². The van der Waals surface area contributed by atoms with Gasteiger partial charge >= 0.3 is 0 Å². The Morgan fingerprint density at radius 2 is 2.42 bits per heavy atom. The van der Waals surface area contributed by atoms with E-state index in [-0.39, 0.29) is 0 Å². The van der Waals surface area contributed by atoms with Gasteiger partial charge in [-0.25, -0.2) is 4.98 Å². The molecule has 0 unspecified atom stereocenters. The zero-order valence-electron chi connectivity index (χ0n) is 6.97. The number of rotatable bonds is 3. The Kier molecular flexibility index (Phi) is 3.17. The van der Waals surface area contributed by atoms with Crippen molar-refractivity contribution in [3.05, 3.63) is 17.4 Å². The van der Waals surface area contributed by atoms with E-state index in [9.17, 15) is 0 Å². The lowest BCUT2D eigenvalue weighted by Crippen LogP contribution is -2.03. The van der Waals surface area contributed by atoms with Crippen LogP contribution >= 0.6 is 11.6 Å². The van der Waals surface area contributed by atoms with E-state index in [1.165, 1.54) is 0 Å². The van der Waals surface area contributed by atoms with Crippen LogP contribution < -0.4 is 11.1 Å². The smallest absolute Gasteiger partial charge is 0.153 e. The van der Waals surface area contributed by atoms with Crippen LogP contribution in [0.25, 0.3) is 0 Å². The molecule has 0 aromatic carbocycles. The summed E-state index contributed by atoms with van der Waals surface area (Å²) in [7, 11) is 0. The number of pyridine rings is 1. The van der Waals surface area contributed by atoms with Crippen molar-refractivity contribution in [3.63, 3.8) is 0 Å². The quantitative estimate of drug-likeness (QED) is 0.710. The molecule has 1 rings (SSSR count). The number of nitrogens with two attached hydrogens (primary N) is 1. The third kappa shape index (κ3) is 2.01. The van der Waals surface area contributed by atoms with Crippen molar-refractivity contribution in [1.82, 2.24) is 4.98 Å². The molecule has 3 N–H and O–H groups in total. The first-order valence-corrected chi connectivity index (χ1v) is 4.27. The molecule has 0 bridgehead atoms. The first-order valence-electron chi connectivity index (χ1n) is 3.89. The van der Waals surface area contributed by atoms with Crippen molar-refractivity contribution in [3.8, 4) is 0 Å². The SMILES string of the molecule is CCCNc1ccnc(Cl)c1N. The van der Waals surface area contributed by atoms with Gasteiger partial charge in [0.05, 0.1) is 11.4 Å². The first-order chi connectivity index (χ1) is 5.75. The summed E-state index contributed by atoms with van der Waals surface area (Å²) in [5, 5.41) is 3.51. The topological polar surface area (TPSA) is 50.9 Å². The Morgan fingerprint density at radius 3 is 3.08 bits per heavy atom. The Bertz CT molecular complexity index is 262. The van der Waals surface area contributed by atoms with Crippen LogP contribution in [0.2, 0.25) is 5.15 Å². The van der Waals surface area contributed by atoms with E-state index in [2.05, 4.69) is 17.2 Å². The second-order valence-electron chi connectivity index (χ2n) is 2.49. The fourth-order valence-electron chi connectivity index (χ4n) is 0.862. The van der Waals surface area contributed by atoms with Crippen LogP contribution in [0, 0.1) is 0 Å². The number of aromatic nitrogens is 1. The summed E-state index contributed by atoms with van der Waals surface area (Å²) < 4.78 is 0. The minimum atomic E-state index is 0.358. The molecule has 0 aliphatic carbocycles. The molecule has 0 saturated carbocycles. The third-order valence-electron chi connectivity index (χ3n) is 1.51. The van der Waals surface area contributed by atoms with Gasteiger partial charge in [0.15, 0.2) is 5.15 Å². The maximum Gasteiger partial charge on any atom is 0.153 e. The molecule has 1 aromatic rings. The average molecular weight is 186 g/mol. The van der Waals surface area contributed by atoms with Crippen LogP contribution in [0.5, 0.6) is 0 Å². The Morgan fingerprint density at radius 1 is 1.67 bits per heavy atom. The molecule has 12 heavy (non-hydrogen) atoms. The van der Waals surface area contributed by atoms with E-state index in [0.717, 1.165) is 18.7 Å². The molecular weight excluding hydrogens is 174 g/mol. The highest BCUT2D eigenvalue weighted by Crippen LogP contribution is 2.23. The second kappa shape index (κ2) is 4.16. The maximum atomic E-state index is 5.72. The first kappa shape index (κ1) is 9.13. The summed E-state index contributed by atoms with van der Waals surface area (Å²) in [6.45, 7) is 2.98. The van der Waals surface area contributed by atoms with Gasteiger partial charge in [-0.3, -0.25) is 0 Å². The highest BCUT2D eigenvalue weighted by molar-refractivity contribution is 6.32. The Labute approximate surface area is 76.9 Å². The molecule has 0 aliphatic heterocycles. The summed E-state index contributed by atoms with van der Waals surface area (Å²) in [6.07, 6.45) is 2.69. The summed E-state index contributed by atoms with van der Waals surface area (Å²) >= 11 is 5.72. The lowest BCUT2D eigenvalue weighted by molar-refractivity contribution is 0.979. The van der Waals surface area contributed by atoms with Gasteiger partial charge in [0.2, 0.25) is 0 Å². The molecule has 0 amide bonds. The minimum absolute atomic E-state index is 0.358. The van der Waals surface area contributed by atoms with Crippen molar-refractivity contribution in [1.29, 1.82) is 0 Å². The number of hydrogen-bond donors (Lipinski definition) is 2. The minimum Gasteiger partial charge on any atom is -0.395 e. The lowest BCUT2D eigenvalue weighted by Gasteiger charge is -2.07. The predicted molar refractivity (Wildman–Crippen MR) is 52.4 cm³/mol. The summed E-state index contributed by atoms with van der Waals surface area (Å²) in [6, 6.07) is 1.82. The molecule has 1 aromatic heterocycles. The average Bonchev–Trinajstić information content (AvgIpc) is 2.08. The summed E-state index contributed by atoms with van der Waals surface area (Å²) in [5.41, 5.74) is 7.05. The molecule has 0 aliphatic rings. The van der Waals surface area contributed by atoms with Gasteiger partial charge in [-0.1, -0.05) is 18.5 Å². The molecule has 1 heterocycles. The summed E-state index contributed by atoms with van der Waals surface area (Å²) in [5.74, 6) is 0. The Balaban J connectivity index is 2.78. The standard InChI is InChI=1S/C8H12ClN3/c1-2-4-11-6-3-5-12-8(9)7(6)10/h3,5H,2,4,10H2,1H3,(H,11,12). The maximum absolute atomic E-state index is 5.72. The predicted octanol–water partition coefficient (Wildman–Crippen LogP) is 2.14. The van der Waals surface area contributed by atoms with Crippen molar-refractivity contribution < 1.29 is 0 Å².